The predicted molar refractivity (Wildman–Crippen MR) is 157 cm³/mol. The van der Waals surface area contributed by atoms with Crippen LogP contribution in [-0.2, 0) is 19.8 Å². The Kier molecular flexibility index (Phi) is 8.28. The first-order valence-corrected chi connectivity index (χ1v) is 14.9. The van der Waals surface area contributed by atoms with Crippen molar-refractivity contribution in [1.29, 1.82) is 0 Å². The first-order chi connectivity index (χ1) is 17.8. The SMILES string of the molecule is Cc1ccc(C)c(C2(OCCCCCCOCC3(C)COC3)c3cc(Br)ccc3-c3ccc(Br)cc32)c1. The van der Waals surface area contributed by atoms with Crippen LogP contribution in [0.15, 0.2) is 63.5 Å². The van der Waals surface area contributed by atoms with E-state index >= 15 is 0 Å². The van der Waals surface area contributed by atoms with E-state index in [0.29, 0.717) is 6.61 Å². The van der Waals surface area contributed by atoms with Gasteiger partial charge in [-0.1, -0.05) is 87.5 Å². The van der Waals surface area contributed by atoms with Gasteiger partial charge in [0.15, 0.2) is 0 Å². The molecule has 1 aliphatic heterocycles. The maximum atomic E-state index is 7.08. The standard InChI is InChI=1S/C32H36Br2O3/c1-22-8-9-23(2)28(16-22)32(37-15-7-5-4-6-14-35-19-31(3)20-36-21-31)29-17-24(33)10-12-26(29)27-13-11-25(34)18-30(27)32/h8-13,16-18H,4-7,14-15,19-21H2,1-3H3. The van der Waals surface area contributed by atoms with Crippen LogP contribution in [0.3, 0.4) is 0 Å². The summed E-state index contributed by atoms with van der Waals surface area (Å²) >= 11 is 7.48. The molecule has 0 aromatic heterocycles. The molecule has 0 saturated carbocycles. The molecule has 0 amide bonds. The Balaban J connectivity index is 1.34. The van der Waals surface area contributed by atoms with Gasteiger partial charge in [0.2, 0.25) is 0 Å². The van der Waals surface area contributed by atoms with Crippen LogP contribution in [0.1, 0.15) is 60.4 Å². The summed E-state index contributed by atoms with van der Waals surface area (Å²) < 4.78 is 20.4. The first-order valence-electron chi connectivity index (χ1n) is 13.3. The van der Waals surface area contributed by atoms with Crippen molar-refractivity contribution in [3.63, 3.8) is 0 Å². The number of rotatable bonds is 11. The van der Waals surface area contributed by atoms with Crippen molar-refractivity contribution in [3.8, 4) is 11.1 Å². The van der Waals surface area contributed by atoms with E-state index in [1.165, 1.54) is 38.9 Å². The lowest BCUT2D eigenvalue weighted by molar-refractivity contribution is -0.137. The second-order valence-electron chi connectivity index (χ2n) is 11.0. The highest BCUT2D eigenvalue weighted by molar-refractivity contribution is 9.10. The van der Waals surface area contributed by atoms with Crippen LogP contribution in [0.4, 0.5) is 0 Å². The topological polar surface area (TPSA) is 27.7 Å². The summed E-state index contributed by atoms with van der Waals surface area (Å²) in [6.45, 7) is 10.6. The van der Waals surface area contributed by atoms with Crippen molar-refractivity contribution >= 4 is 31.9 Å². The molecule has 0 unspecified atom stereocenters. The molecule has 3 nitrogen and oxygen atoms in total. The minimum Gasteiger partial charge on any atom is -0.381 e. The quantitative estimate of drug-likeness (QED) is 0.199. The Labute approximate surface area is 238 Å². The molecule has 0 bridgehead atoms. The average Bonchev–Trinajstić information content (AvgIpc) is 3.12. The van der Waals surface area contributed by atoms with Crippen molar-refractivity contribution < 1.29 is 14.2 Å². The lowest BCUT2D eigenvalue weighted by Gasteiger charge is -2.37. The molecule has 5 heteroatoms. The Hall–Kier alpha value is -1.50. The summed E-state index contributed by atoms with van der Waals surface area (Å²) in [6, 6.07) is 19.9. The Morgan fingerprint density at radius 2 is 1.38 bits per heavy atom. The van der Waals surface area contributed by atoms with Crippen molar-refractivity contribution in [1.82, 2.24) is 0 Å². The predicted octanol–water partition coefficient (Wildman–Crippen LogP) is 8.73. The average molecular weight is 628 g/mol. The van der Waals surface area contributed by atoms with E-state index in [9.17, 15) is 0 Å². The van der Waals surface area contributed by atoms with Crippen molar-refractivity contribution in [2.24, 2.45) is 5.41 Å². The number of benzene rings is 3. The van der Waals surface area contributed by atoms with Gasteiger partial charge in [0.05, 0.1) is 19.8 Å². The van der Waals surface area contributed by atoms with Gasteiger partial charge in [-0.3, -0.25) is 0 Å². The molecule has 37 heavy (non-hydrogen) atoms. The molecule has 1 saturated heterocycles. The summed E-state index contributed by atoms with van der Waals surface area (Å²) in [7, 11) is 0. The molecule has 0 N–H and O–H groups in total. The van der Waals surface area contributed by atoms with Crippen molar-refractivity contribution in [3.05, 3.63) is 91.4 Å². The smallest absolute Gasteiger partial charge is 0.145 e. The third-order valence-corrected chi connectivity index (χ3v) is 8.62. The van der Waals surface area contributed by atoms with Crippen LogP contribution < -0.4 is 0 Å². The van der Waals surface area contributed by atoms with Gasteiger partial charge in [0, 0.05) is 38.7 Å². The number of hydrogen-bond acceptors (Lipinski definition) is 3. The number of aryl methyl sites for hydroxylation is 2. The fourth-order valence-electron chi connectivity index (χ4n) is 5.61. The monoisotopic (exact) mass is 626 g/mol. The van der Waals surface area contributed by atoms with Gasteiger partial charge in [-0.05, 0) is 73.2 Å². The van der Waals surface area contributed by atoms with Crippen LogP contribution in [0.5, 0.6) is 0 Å². The molecule has 0 atom stereocenters. The van der Waals surface area contributed by atoms with Gasteiger partial charge >= 0.3 is 0 Å². The van der Waals surface area contributed by atoms with Crippen LogP contribution >= 0.6 is 31.9 Å². The number of ether oxygens (including phenoxy) is 3. The highest BCUT2D eigenvalue weighted by Crippen LogP contribution is 2.55. The third kappa shape index (κ3) is 5.49. The fourth-order valence-corrected chi connectivity index (χ4v) is 6.33. The molecule has 0 spiro atoms. The molecule has 2 aliphatic rings. The molecule has 0 radical (unpaired) electrons. The first kappa shape index (κ1) is 27.1. The minimum absolute atomic E-state index is 0.230. The summed E-state index contributed by atoms with van der Waals surface area (Å²) in [4.78, 5) is 0. The summed E-state index contributed by atoms with van der Waals surface area (Å²) in [5.74, 6) is 0. The van der Waals surface area contributed by atoms with E-state index in [1.54, 1.807) is 0 Å². The van der Waals surface area contributed by atoms with Gasteiger partial charge in [-0.15, -0.1) is 0 Å². The van der Waals surface area contributed by atoms with E-state index in [2.05, 4.69) is 107 Å². The summed E-state index contributed by atoms with van der Waals surface area (Å²) in [5, 5.41) is 0. The lowest BCUT2D eigenvalue weighted by Crippen LogP contribution is -2.43. The number of fused-ring (bicyclic) bond motifs is 3. The normalized spacial score (nSPS) is 16.8. The summed E-state index contributed by atoms with van der Waals surface area (Å²) in [6.07, 6.45) is 4.39. The molecule has 5 rings (SSSR count). The molecular formula is C32H36Br2O3. The second-order valence-corrected chi connectivity index (χ2v) is 12.8. The zero-order valence-corrected chi connectivity index (χ0v) is 25.2. The minimum atomic E-state index is -0.641. The zero-order chi connectivity index (χ0) is 26.0. The molecule has 3 aromatic rings. The van der Waals surface area contributed by atoms with Crippen LogP contribution in [0.25, 0.3) is 11.1 Å². The van der Waals surface area contributed by atoms with Gasteiger partial charge < -0.3 is 14.2 Å². The third-order valence-electron chi connectivity index (χ3n) is 7.64. The van der Waals surface area contributed by atoms with Gasteiger partial charge in [0.1, 0.15) is 5.60 Å². The van der Waals surface area contributed by atoms with E-state index in [4.69, 9.17) is 14.2 Å². The van der Waals surface area contributed by atoms with Gasteiger partial charge in [0.25, 0.3) is 0 Å². The van der Waals surface area contributed by atoms with E-state index in [1.807, 2.05) is 0 Å². The van der Waals surface area contributed by atoms with Crippen LogP contribution in [-0.4, -0.2) is 33.0 Å². The number of halogens is 2. The molecule has 1 aliphatic carbocycles. The zero-order valence-electron chi connectivity index (χ0n) is 22.0. The van der Waals surface area contributed by atoms with E-state index < -0.39 is 5.60 Å². The highest BCUT2D eigenvalue weighted by atomic mass is 79.9. The molecule has 1 fully saturated rings. The fraction of sp³-hybridized carbons (Fsp3) is 0.438. The van der Waals surface area contributed by atoms with Gasteiger partial charge in [-0.25, -0.2) is 0 Å². The molecule has 3 aromatic carbocycles. The number of unbranched alkanes of at least 4 members (excludes halogenated alkanes) is 3. The van der Waals surface area contributed by atoms with E-state index in [-0.39, 0.29) is 5.41 Å². The van der Waals surface area contributed by atoms with Crippen LogP contribution in [0.2, 0.25) is 0 Å². The number of hydrogen-bond donors (Lipinski definition) is 0. The Bertz CT molecular complexity index is 1210. The van der Waals surface area contributed by atoms with Crippen LogP contribution in [0, 0.1) is 19.3 Å². The molecular weight excluding hydrogens is 592 g/mol. The largest absolute Gasteiger partial charge is 0.381 e. The van der Waals surface area contributed by atoms with Crippen molar-refractivity contribution in [2.75, 3.05) is 33.0 Å². The van der Waals surface area contributed by atoms with Gasteiger partial charge in [-0.2, -0.15) is 0 Å². The van der Waals surface area contributed by atoms with Crippen molar-refractivity contribution in [2.45, 2.75) is 52.1 Å². The Morgan fingerprint density at radius 3 is 1.97 bits per heavy atom. The molecule has 196 valence electrons. The summed E-state index contributed by atoms with van der Waals surface area (Å²) in [5.41, 5.74) is 8.22. The lowest BCUT2D eigenvalue weighted by atomic mass is 9.81. The maximum absolute atomic E-state index is 7.08. The Morgan fingerprint density at radius 1 is 0.757 bits per heavy atom. The second kappa shape index (κ2) is 11.3. The molecule has 1 heterocycles. The highest BCUT2D eigenvalue weighted by Gasteiger charge is 2.47. The van der Waals surface area contributed by atoms with E-state index in [0.717, 1.165) is 61.1 Å². The maximum Gasteiger partial charge on any atom is 0.145 e.